The highest BCUT2D eigenvalue weighted by Crippen LogP contribution is 2.18. The van der Waals surface area contributed by atoms with E-state index in [1.807, 2.05) is 60.7 Å². The zero-order chi connectivity index (χ0) is 14.5. The van der Waals surface area contributed by atoms with Crippen molar-refractivity contribution in [1.82, 2.24) is 4.98 Å². The Balaban J connectivity index is 2.10. The predicted molar refractivity (Wildman–Crippen MR) is 84.1 cm³/mol. The molecule has 0 radical (unpaired) electrons. The summed E-state index contributed by atoms with van der Waals surface area (Å²) >= 11 is 0. The SMILES string of the molecule is Oc1ccc(N=C(c2ccccc2)c2ccccc2)nc1. The molecule has 0 unspecified atom stereocenters. The molecule has 3 heteroatoms. The van der Waals surface area contributed by atoms with Crippen molar-refractivity contribution in [2.24, 2.45) is 4.99 Å². The minimum absolute atomic E-state index is 0.134. The van der Waals surface area contributed by atoms with Crippen LogP contribution in [-0.4, -0.2) is 15.8 Å². The third-order valence-electron chi connectivity index (χ3n) is 3.05. The van der Waals surface area contributed by atoms with Gasteiger partial charge in [0.15, 0.2) is 5.82 Å². The molecular formula is C18H14N2O. The summed E-state index contributed by atoms with van der Waals surface area (Å²) in [6.45, 7) is 0. The Kier molecular flexibility index (Phi) is 3.74. The van der Waals surface area contributed by atoms with Gasteiger partial charge in [-0.3, -0.25) is 0 Å². The van der Waals surface area contributed by atoms with Gasteiger partial charge in [-0.15, -0.1) is 0 Å². The summed E-state index contributed by atoms with van der Waals surface area (Å²) in [7, 11) is 0. The zero-order valence-electron chi connectivity index (χ0n) is 11.3. The maximum Gasteiger partial charge on any atom is 0.152 e. The van der Waals surface area contributed by atoms with Gasteiger partial charge in [0.1, 0.15) is 5.75 Å². The molecule has 2 aromatic carbocycles. The van der Waals surface area contributed by atoms with Crippen LogP contribution in [0.1, 0.15) is 11.1 Å². The summed E-state index contributed by atoms with van der Waals surface area (Å²) in [5.41, 5.74) is 2.91. The van der Waals surface area contributed by atoms with E-state index in [0.717, 1.165) is 16.8 Å². The van der Waals surface area contributed by atoms with E-state index in [9.17, 15) is 5.11 Å². The van der Waals surface area contributed by atoms with Gasteiger partial charge in [0.2, 0.25) is 0 Å². The Morgan fingerprint density at radius 3 is 1.81 bits per heavy atom. The molecule has 0 amide bonds. The number of hydrogen-bond acceptors (Lipinski definition) is 3. The van der Waals surface area contributed by atoms with E-state index in [1.54, 1.807) is 12.1 Å². The molecule has 3 rings (SSSR count). The van der Waals surface area contributed by atoms with Crippen LogP contribution in [0, 0.1) is 0 Å². The molecule has 0 bridgehead atoms. The average molecular weight is 274 g/mol. The van der Waals surface area contributed by atoms with Crippen LogP contribution in [0.15, 0.2) is 84.0 Å². The average Bonchev–Trinajstić information content (AvgIpc) is 2.56. The first-order valence-electron chi connectivity index (χ1n) is 6.67. The van der Waals surface area contributed by atoms with Crippen molar-refractivity contribution in [1.29, 1.82) is 0 Å². The first-order valence-corrected chi connectivity index (χ1v) is 6.67. The van der Waals surface area contributed by atoms with Crippen LogP contribution in [0.25, 0.3) is 0 Å². The number of aliphatic imine (C=N–C) groups is 1. The smallest absolute Gasteiger partial charge is 0.152 e. The lowest BCUT2D eigenvalue weighted by Crippen LogP contribution is -2.02. The third kappa shape index (κ3) is 3.15. The summed E-state index contributed by atoms with van der Waals surface area (Å²) < 4.78 is 0. The molecule has 0 aliphatic carbocycles. The maximum absolute atomic E-state index is 9.31. The Labute approximate surface area is 123 Å². The van der Waals surface area contributed by atoms with Gasteiger partial charge in [-0.1, -0.05) is 60.7 Å². The molecular weight excluding hydrogens is 260 g/mol. The standard InChI is InChI=1S/C18H14N2O/c21-16-11-12-17(19-13-16)20-18(14-7-3-1-4-8-14)15-9-5-2-6-10-15/h1-13,21H. The van der Waals surface area contributed by atoms with E-state index >= 15 is 0 Å². The van der Waals surface area contributed by atoms with Gasteiger partial charge >= 0.3 is 0 Å². The molecule has 3 nitrogen and oxygen atoms in total. The minimum atomic E-state index is 0.134. The van der Waals surface area contributed by atoms with Crippen LogP contribution in [-0.2, 0) is 0 Å². The van der Waals surface area contributed by atoms with Gasteiger partial charge in [0.25, 0.3) is 0 Å². The monoisotopic (exact) mass is 274 g/mol. The minimum Gasteiger partial charge on any atom is -0.506 e. The molecule has 1 aromatic heterocycles. The molecule has 3 aromatic rings. The van der Waals surface area contributed by atoms with Crippen molar-refractivity contribution < 1.29 is 5.11 Å². The largest absolute Gasteiger partial charge is 0.506 e. The van der Waals surface area contributed by atoms with E-state index in [-0.39, 0.29) is 5.75 Å². The Morgan fingerprint density at radius 1 is 0.762 bits per heavy atom. The number of pyridine rings is 1. The van der Waals surface area contributed by atoms with Crippen LogP contribution in [0.2, 0.25) is 0 Å². The van der Waals surface area contributed by atoms with Crippen LogP contribution >= 0.6 is 0 Å². The quantitative estimate of drug-likeness (QED) is 0.735. The van der Waals surface area contributed by atoms with E-state index < -0.39 is 0 Å². The summed E-state index contributed by atoms with van der Waals surface area (Å²) in [6.07, 6.45) is 1.40. The van der Waals surface area contributed by atoms with Gasteiger partial charge in [-0.25, -0.2) is 9.98 Å². The van der Waals surface area contributed by atoms with Crippen LogP contribution in [0.5, 0.6) is 5.75 Å². The topological polar surface area (TPSA) is 45.5 Å². The zero-order valence-corrected chi connectivity index (χ0v) is 11.3. The van der Waals surface area contributed by atoms with Crippen LogP contribution in [0.3, 0.4) is 0 Å². The molecule has 0 saturated heterocycles. The highest BCUT2D eigenvalue weighted by molar-refractivity contribution is 6.13. The van der Waals surface area contributed by atoms with Crippen molar-refractivity contribution >= 4 is 11.5 Å². The number of hydrogen-bond donors (Lipinski definition) is 1. The molecule has 0 fully saturated rings. The van der Waals surface area contributed by atoms with Crippen molar-refractivity contribution in [3.63, 3.8) is 0 Å². The number of rotatable bonds is 3. The second-order valence-corrected chi connectivity index (χ2v) is 4.57. The summed E-state index contributed by atoms with van der Waals surface area (Å²) in [5, 5.41) is 9.31. The lowest BCUT2D eigenvalue weighted by Gasteiger charge is -2.07. The molecule has 0 aliphatic rings. The first kappa shape index (κ1) is 13.1. The maximum atomic E-state index is 9.31. The fraction of sp³-hybridized carbons (Fsp3) is 0. The molecule has 1 N–H and O–H groups in total. The number of benzene rings is 2. The second-order valence-electron chi connectivity index (χ2n) is 4.57. The van der Waals surface area contributed by atoms with Crippen molar-refractivity contribution in [2.45, 2.75) is 0 Å². The van der Waals surface area contributed by atoms with Crippen LogP contribution in [0.4, 0.5) is 5.82 Å². The van der Waals surface area contributed by atoms with Crippen molar-refractivity contribution in [3.8, 4) is 5.75 Å². The van der Waals surface area contributed by atoms with E-state index in [0.29, 0.717) is 5.82 Å². The number of nitrogens with zero attached hydrogens (tertiary/aromatic N) is 2. The van der Waals surface area contributed by atoms with Gasteiger partial charge in [0.05, 0.1) is 11.9 Å². The van der Waals surface area contributed by atoms with E-state index in [1.165, 1.54) is 6.20 Å². The van der Waals surface area contributed by atoms with Gasteiger partial charge in [-0.05, 0) is 12.1 Å². The van der Waals surface area contributed by atoms with Crippen molar-refractivity contribution in [2.75, 3.05) is 0 Å². The Bertz CT molecular complexity index is 694. The lowest BCUT2D eigenvalue weighted by atomic mass is 10.0. The van der Waals surface area contributed by atoms with E-state index in [2.05, 4.69) is 9.98 Å². The first-order chi connectivity index (χ1) is 10.3. The number of aromatic nitrogens is 1. The molecule has 1 heterocycles. The molecule has 0 aliphatic heterocycles. The van der Waals surface area contributed by atoms with Crippen molar-refractivity contribution in [3.05, 3.63) is 90.1 Å². The van der Waals surface area contributed by atoms with Gasteiger partial charge < -0.3 is 5.11 Å². The summed E-state index contributed by atoms with van der Waals surface area (Å²) in [5.74, 6) is 0.699. The fourth-order valence-corrected chi connectivity index (χ4v) is 2.05. The van der Waals surface area contributed by atoms with Gasteiger partial charge in [0, 0.05) is 11.1 Å². The normalized spacial score (nSPS) is 10.1. The Hall–Kier alpha value is -2.94. The summed E-state index contributed by atoms with van der Waals surface area (Å²) in [4.78, 5) is 8.77. The molecule has 0 saturated carbocycles. The summed E-state index contributed by atoms with van der Waals surface area (Å²) in [6, 6.07) is 23.2. The highest BCUT2D eigenvalue weighted by atomic mass is 16.3. The third-order valence-corrected chi connectivity index (χ3v) is 3.05. The van der Waals surface area contributed by atoms with E-state index in [4.69, 9.17) is 0 Å². The highest BCUT2D eigenvalue weighted by Gasteiger charge is 2.07. The molecule has 0 atom stereocenters. The number of aromatic hydroxyl groups is 1. The molecule has 21 heavy (non-hydrogen) atoms. The lowest BCUT2D eigenvalue weighted by molar-refractivity contribution is 0.473. The predicted octanol–water partition coefficient (Wildman–Crippen LogP) is 3.96. The van der Waals surface area contributed by atoms with Gasteiger partial charge in [-0.2, -0.15) is 0 Å². The molecule has 0 spiro atoms. The van der Waals surface area contributed by atoms with Crippen LogP contribution < -0.4 is 0 Å². The Morgan fingerprint density at radius 2 is 1.33 bits per heavy atom. The molecule has 102 valence electrons. The fourth-order valence-electron chi connectivity index (χ4n) is 2.05. The second kappa shape index (κ2) is 6.01.